The molecule has 0 bridgehead atoms. The monoisotopic (exact) mass is 276 g/mol. The fourth-order valence-corrected chi connectivity index (χ4v) is 2.23. The van der Waals surface area contributed by atoms with E-state index in [-0.39, 0.29) is 5.91 Å². The first kappa shape index (κ1) is 13.5. The highest BCUT2D eigenvalue weighted by Crippen LogP contribution is 2.08. The van der Waals surface area contributed by atoms with Crippen LogP contribution in [0.3, 0.4) is 0 Å². The maximum atomic E-state index is 11.9. The molecule has 6 heteroatoms. The van der Waals surface area contributed by atoms with Crippen LogP contribution >= 0.6 is 11.3 Å². The Morgan fingerprint density at radius 2 is 2.11 bits per heavy atom. The van der Waals surface area contributed by atoms with Crippen molar-refractivity contribution in [3.05, 3.63) is 40.3 Å². The zero-order valence-electron chi connectivity index (χ0n) is 11.0. The maximum absolute atomic E-state index is 11.9. The molecule has 0 unspecified atom stereocenters. The minimum atomic E-state index is -0.137. The van der Waals surface area contributed by atoms with E-state index in [1.807, 2.05) is 25.5 Å². The Balaban J connectivity index is 1.85. The number of rotatable bonds is 5. The summed E-state index contributed by atoms with van der Waals surface area (Å²) in [5, 5.41) is 4.89. The standard InChI is InChI=1S/C13H16N4OS/c1-17(2)13-15-8-10(9-16-13)12(18)14-6-5-11-4-3-7-19-11/h3-4,7-9H,5-6H2,1-2H3,(H,14,18). The molecule has 0 atom stereocenters. The van der Waals surface area contributed by atoms with Crippen LogP contribution in [0.2, 0.25) is 0 Å². The lowest BCUT2D eigenvalue weighted by Crippen LogP contribution is -2.26. The van der Waals surface area contributed by atoms with Crippen molar-refractivity contribution in [1.29, 1.82) is 0 Å². The van der Waals surface area contributed by atoms with Gasteiger partial charge in [-0.05, 0) is 17.9 Å². The van der Waals surface area contributed by atoms with E-state index in [4.69, 9.17) is 0 Å². The van der Waals surface area contributed by atoms with E-state index in [1.165, 1.54) is 4.88 Å². The van der Waals surface area contributed by atoms with Gasteiger partial charge in [0, 0.05) is 37.9 Å². The van der Waals surface area contributed by atoms with Gasteiger partial charge in [0.15, 0.2) is 0 Å². The molecule has 19 heavy (non-hydrogen) atoms. The lowest BCUT2D eigenvalue weighted by Gasteiger charge is -2.09. The molecule has 100 valence electrons. The van der Waals surface area contributed by atoms with E-state index in [1.54, 1.807) is 28.6 Å². The number of carbonyl (C=O) groups excluding carboxylic acids is 1. The predicted molar refractivity (Wildman–Crippen MR) is 76.7 cm³/mol. The SMILES string of the molecule is CN(C)c1ncc(C(=O)NCCc2cccs2)cn1. The number of anilines is 1. The van der Waals surface area contributed by atoms with Gasteiger partial charge in [-0.15, -0.1) is 11.3 Å². The Bertz CT molecular complexity index is 522. The summed E-state index contributed by atoms with van der Waals surface area (Å²) < 4.78 is 0. The fourth-order valence-electron chi connectivity index (χ4n) is 1.53. The van der Waals surface area contributed by atoms with Gasteiger partial charge in [0.25, 0.3) is 5.91 Å². The average molecular weight is 276 g/mol. The van der Waals surface area contributed by atoms with Crippen LogP contribution in [0.4, 0.5) is 5.95 Å². The molecule has 5 nitrogen and oxygen atoms in total. The molecule has 0 saturated carbocycles. The zero-order valence-corrected chi connectivity index (χ0v) is 11.8. The van der Waals surface area contributed by atoms with Crippen molar-refractivity contribution in [2.75, 3.05) is 25.5 Å². The molecule has 1 N–H and O–H groups in total. The van der Waals surface area contributed by atoms with Crippen LogP contribution in [0, 0.1) is 0 Å². The van der Waals surface area contributed by atoms with Crippen molar-refractivity contribution in [1.82, 2.24) is 15.3 Å². The number of amides is 1. The molecule has 0 aliphatic heterocycles. The van der Waals surface area contributed by atoms with Crippen LogP contribution in [0.1, 0.15) is 15.2 Å². The number of hydrogen-bond acceptors (Lipinski definition) is 5. The lowest BCUT2D eigenvalue weighted by molar-refractivity contribution is 0.0953. The second kappa shape index (κ2) is 6.29. The van der Waals surface area contributed by atoms with Gasteiger partial charge in [-0.25, -0.2) is 9.97 Å². The minimum absolute atomic E-state index is 0.137. The molecule has 0 fully saturated rings. The molecule has 2 rings (SSSR count). The first-order valence-corrected chi connectivity index (χ1v) is 6.85. The molecule has 0 aliphatic carbocycles. The van der Waals surface area contributed by atoms with Crippen LogP contribution in [0.5, 0.6) is 0 Å². The number of carbonyl (C=O) groups is 1. The predicted octanol–water partition coefficient (Wildman–Crippen LogP) is 1.58. The number of nitrogens with one attached hydrogen (secondary N) is 1. The molecule has 2 heterocycles. The third kappa shape index (κ3) is 3.75. The summed E-state index contributed by atoms with van der Waals surface area (Å²) in [5.74, 6) is 0.456. The average Bonchev–Trinajstić information content (AvgIpc) is 2.92. The fraction of sp³-hybridized carbons (Fsp3) is 0.308. The van der Waals surface area contributed by atoms with E-state index in [0.717, 1.165) is 6.42 Å². The Morgan fingerprint density at radius 1 is 1.37 bits per heavy atom. The van der Waals surface area contributed by atoms with Crippen molar-refractivity contribution in [3.63, 3.8) is 0 Å². The quantitative estimate of drug-likeness (QED) is 0.900. The Labute approximate surface area is 116 Å². The molecule has 2 aromatic heterocycles. The molecule has 0 spiro atoms. The largest absolute Gasteiger partial charge is 0.352 e. The Morgan fingerprint density at radius 3 is 2.68 bits per heavy atom. The van der Waals surface area contributed by atoms with E-state index < -0.39 is 0 Å². The summed E-state index contributed by atoms with van der Waals surface area (Å²) in [6.45, 7) is 0.620. The van der Waals surface area contributed by atoms with Gasteiger partial charge < -0.3 is 10.2 Å². The van der Waals surface area contributed by atoms with Gasteiger partial charge in [-0.1, -0.05) is 6.07 Å². The third-order valence-electron chi connectivity index (χ3n) is 2.54. The number of nitrogens with zero attached hydrogens (tertiary/aromatic N) is 3. The summed E-state index contributed by atoms with van der Waals surface area (Å²) in [4.78, 5) is 23.1. The van der Waals surface area contributed by atoms with Crippen molar-refractivity contribution in [2.45, 2.75) is 6.42 Å². The van der Waals surface area contributed by atoms with Crippen molar-refractivity contribution in [3.8, 4) is 0 Å². The van der Waals surface area contributed by atoms with Gasteiger partial charge in [-0.3, -0.25) is 4.79 Å². The summed E-state index contributed by atoms with van der Waals surface area (Å²) in [5.41, 5.74) is 0.483. The van der Waals surface area contributed by atoms with E-state index in [2.05, 4.69) is 21.4 Å². The van der Waals surface area contributed by atoms with Crippen molar-refractivity contribution >= 4 is 23.2 Å². The Kier molecular flexibility index (Phi) is 4.46. The first-order chi connectivity index (χ1) is 9.16. The van der Waals surface area contributed by atoms with E-state index in [9.17, 15) is 4.79 Å². The van der Waals surface area contributed by atoms with Crippen LogP contribution < -0.4 is 10.2 Å². The Hall–Kier alpha value is -1.95. The molecule has 2 aromatic rings. The van der Waals surface area contributed by atoms with Gasteiger partial charge in [-0.2, -0.15) is 0 Å². The van der Waals surface area contributed by atoms with Crippen molar-refractivity contribution < 1.29 is 4.79 Å². The number of aromatic nitrogens is 2. The smallest absolute Gasteiger partial charge is 0.254 e. The summed E-state index contributed by atoms with van der Waals surface area (Å²) in [6.07, 6.45) is 3.94. The van der Waals surface area contributed by atoms with E-state index >= 15 is 0 Å². The van der Waals surface area contributed by atoms with Crippen LogP contribution in [0.15, 0.2) is 29.9 Å². The lowest BCUT2D eigenvalue weighted by atomic mass is 10.3. The van der Waals surface area contributed by atoms with Gasteiger partial charge in [0.05, 0.1) is 5.56 Å². The van der Waals surface area contributed by atoms with Crippen molar-refractivity contribution in [2.24, 2.45) is 0 Å². The molecular formula is C13H16N4OS. The molecule has 1 amide bonds. The second-order valence-electron chi connectivity index (χ2n) is 4.25. The van der Waals surface area contributed by atoms with Gasteiger partial charge >= 0.3 is 0 Å². The zero-order chi connectivity index (χ0) is 13.7. The molecule has 0 aromatic carbocycles. The topological polar surface area (TPSA) is 58.1 Å². The number of thiophene rings is 1. The second-order valence-corrected chi connectivity index (χ2v) is 5.28. The summed E-state index contributed by atoms with van der Waals surface area (Å²) in [6, 6.07) is 4.07. The van der Waals surface area contributed by atoms with Crippen LogP contribution in [-0.2, 0) is 6.42 Å². The molecular weight excluding hydrogens is 260 g/mol. The molecule has 0 saturated heterocycles. The van der Waals surface area contributed by atoms with Crippen LogP contribution in [0.25, 0.3) is 0 Å². The van der Waals surface area contributed by atoms with Gasteiger partial charge in [0.2, 0.25) is 5.95 Å². The maximum Gasteiger partial charge on any atom is 0.254 e. The number of hydrogen-bond donors (Lipinski definition) is 1. The van der Waals surface area contributed by atoms with Gasteiger partial charge in [0.1, 0.15) is 0 Å². The highest BCUT2D eigenvalue weighted by Gasteiger charge is 2.07. The highest BCUT2D eigenvalue weighted by atomic mass is 32.1. The highest BCUT2D eigenvalue weighted by molar-refractivity contribution is 7.09. The summed E-state index contributed by atoms with van der Waals surface area (Å²) >= 11 is 1.69. The third-order valence-corrected chi connectivity index (χ3v) is 3.47. The summed E-state index contributed by atoms with van der Waals surface area (Å²) in [7, 11) is 3.71. The normalized spacial score (nSPS) is 10.2. The van der Waals surface area contributed by atoms with Crippen LogP contribution in [-0.4, -0.2) is 36.5 Å². The minimum Gasteiger partial charge on any atom is -0.352 e. The molecule has 0 aliphatic rings. The van der Waals surface area contributed by atoms with E-state index in [0.29, 0.717) is 18.1 Å². The molecule has 0 radical (unpaired) electrons. The first-order valence-electron chi connectivity index (χ1n) is 5.97.